The van der Waals surface area contributed by atoms with Gasteiger partial charge in [-0.3, -0.25) is 4.90 Å². The zero-order valence-electron chi connectivity index (χ0n) is 16.4. The number of fused-ring (bicyclic) bond motifs is 1. The molecule has 1 aliphatic carbocycles. The first kappa shape index (κ1) is 18.0. The van der Waals surface area contributed by atoms with Crippen LogP contribution >= 0.6 is 11.3 Å². The van der Waals surface area contributed by atoms with E-state index in [0.29, 0.717) is 12.1 Å². The molecule has 1 atom stereocenters. The molecule has 0 N–H and O–H groups in total. The van der Waals surface area contributed by atoms with Crippen molar-refractivity contribution in [3.63, 3.8) is 0 Å². The van der Waals surface area contributed by atoms with E-state index in [0.717, 1.165) is 49.1 Å². The largest absolute Gasteiger partial charge is 0.345 e. The van der Waals surface area contributed by atoms with Crippen LogP contribution in [0, 0.1) is 0 Å². The predicted molar refractivity (Wildman–Crippen MR) is 112 cm³/mol. The lowest BCUT2D eigenvalue weighted by Gasteiger charge is -2.38. The zero-order valence-corrected chi connectivity index (χ0v) is 17.2. The number of para-hydroxylation sites is 1. The van der Waals surface area contributed by atoms with Crippen molar-refractivity contribution >= 4 is 26.7 Å². The Labute approximate surface area is 169 Å². The maximum Gasteiger partial charge on any atom is 0.186 e. The number of tetrazole rings is 1. The van der Waals surface area contributed by atoms with Gasteiger partial charge in [0.25, 0.3) is 0 Å². The molecule has 0 amide bonds. The minimum atomic E-state index is 0.299. The fraction of sp³-hybridized carbons (Fsp3) is 0.600. The van der Waals surface area contributed by atoms with Gasteiger partial charge in [-0.15, -0.1) is 5.10 Å². The number of nitrogens with zero attached hydrogens (tertiary/aromatic N) is 7. The van der Waals surface area contributed by atoms with Gasteiger partial charge < -0.3 is 4.90 Å². The van der Waals surface area contributed by atoms with E-state index >= 15 is 0 Å². The van der Waals surface area contributed by atoms with E-state index < -0.39 is 0 Å². The van der Waals surface area contributed by atoms with Crippen LogP contribution in [-0.2, 0) is 0 Å². The molecular weight excluding hydrogens is 370 g/mol. The Morgan fingerprint density at radius 1 is 1.11 bits per heavy atom. The van der Waals surface area contributed by atoms with Gasteiger partial charge >= 0.3 is 0 Å². The Bertz CT molecular complexity index is 888. The molecule has 0 radical (unpaired) electrons. The van der Waals surface area contributed by atoms with Crippen LogP contribution < -0.4 is 4.90 Å². The van der Waals surface area contributed by atoms with Gasteiger partial charge in [-0.1, -0.05) is 43.2 Å². The van der Waals surface area contributed by atoms with Gasteiger partial charge in [0, 0.05) is 26.2 Å². The van der Waals surface area contributed by atoms with E-state index in [4.69, 9.17) is 4.98 Å². The number of benzene rings is 1. The molecule has 1 aromatic carbocycles. The van der Waals surface area contributed by atoms with Crippen molar-refractivity contribution < 1.29 is 0 Å². The second kappa shape index (κ2) is 7.75. The molecule has 1 saturated carbocycles. The fourth-order valence-electron chi connectivity index (χ4n) is 4.65. The van der Waals surface area contributed by atoms with E-state index in [9.17, 15) is 0 Å². The molecule has 148 valence electrons. The summed E-state index contributed by atoms with van der Waals surface area (Å²) >= 11 is 1.80. The molecule has 2 aliphatic rings. The second-order valence-corrected chi connectivity index (χ2v) is 8.84. The summed E-state index contributed by atoms with van der Waals surface area (Å²) in [4.78, 5) is 9.81. The van der Waals surface area contributed by atoms with E-state index in [1.807, 2.05) is 0 Å². The third kappa shape index (κ3) is 3.28. The number of aromatic nitrogens is 5. The van der Waals surface area contributed by atoms with Crippen LogP contribution in [0.15, 0.2) is 24.3 Å². The lowest BCUT2D eigenvalue weighted by Crippen LogP contribution is -2.48. The van der Waals surface area contributed by atoms with Crippen LogP contribution in [0.1, 0.15) is 56.9 Å². The van der Waals surface area contributed by atoms with E-state index in [1.54, 1.807) is 11.3 Å². The lowest BCUT2D eigenvalue weighted by molar-refractivity contribution is 0.166. The SMILES string of the molecule is CC[C@@H](c1nnnn1C1CCCC1)N1CCN(c2nc3ccccc3s2)CC1. The summed E-state index contributed by atoms with van der Waals surface area (Å²) in [5, 5.41) is 14.0. The predicted octanol–water partition coefficient (Wildman–Crippen LogP) is 3.67. The quantitative estimate of drug-likeness (QED) is 0.655. The molecule has 3 aromatic rings. The number of hydrogen-bond donors (Lipinski definition) is 0. The van der Waals surface area contributed by atoms with Crippen molar-refractivity contribution in [2.75, 3.05) is 31.1 Å². The lowest BCUT2D eigenvalue weighted by atomic mass is 10.1. The van der Waals surface area contributed by atoms with Crippen LogP contribution in [0.25, 0.3) is 10.2 Å². The summed E-state index contributed by atoms with van der Waals surface area (Å²) in [6.45, 7) is 6.29. The average molecular weight is 398 g/mol. The summed E-state index contributed by atoms with van der Waals surface area (Å²) in [7, 11) is 0. The molecule has 2 aromatic heterocycles. The highest BCUT2D eigenvalue weighted by Crippen LogP contribution is 2.34. The first-order chi connectivity index (χ1) is 13.8. The summed E-state index contributed by atoms with van der Waals surface area (Å²) in [6.07, 6.45) is 6.04. The van der Waals surface area contributed by atoms with Crippen molar-refractivity contribution in [3.05, 3.63) is 30.1 Å². The smallest absolute Gasteiger partial charge is 0.186 e. The number of anilines is 1. The third-order valence-electron chi connectivity index (χ3n) is 6.18. The molecular formula is C20H27N7S. The Morgan fingerprint density at radius 2 is 1.89 bits per heavy atom. The average Bonchev–Trinajstić information content (AvgIpc) is 3.48. The van der Waals surface area contributed by atoms with Gasteiger partial charge in [0.15, 0.2) is 11.0 Å². The number of thiazole rings is 1. The summed E-state index contributed by atoms with van der Waals surface area (Å²) in [5.74, 6) is 1.06. The molecule has 3 heterocycles. The molecule has 1 aliphatic heterocycles. The molecule has 0 spiro atoms. The van der Waals surface area contributed by atoms with Crippen LogP contribution in [-0.4, -0.2) is 56.3 Å². The van der Waals surface area contributed by atoms with Gasteiger partial charge in [-0.2, -0.15) is 0 Å². The van der Waals surface area contributed by atoms with Gasteiger partial charge in [-0.05, 0) is 41.8 Å². The first-order valence-corrected chi connectivity index (χ1v) is 11.3. The van der Waals surface area contributed by atoms with Crippen LogP contribution in [0.4, 0.5) is 5.13 Å². The number of rotatable bonds is 5. The van der Waals surface area contributed by atoms with Crippen molar-refractivity contribution in [2.45, 2.75) is 51.1 Å². The molecule has 7 nitrogen and oxygen atoms in total. The summed E-state index contributed by atoms with van der Waals surface area (Å²) < 4.78 is 3.39. The highest BCUT2D eigenvalue weighted by Gasteiger charge is 2.31. The summed E-state index contributed by atoms with van der Waals surface area (Å²) in [6, 6.07) is 9.19. The molecule has 0 unspecified atom stereocenters. The van der Waals surface area contributed by atoms with E-state index in [2.05, 4.69) is 61.2 Å². The highest BCUT2D eigenvalue weighted by atomic mass is 32.1. The third-order valence-corrected chi connectivity index (χ3v) is 7.28. The minimum absolute atomic E-state index is 0.299. The van der Waals surface area contributed by atoms with Crippen LogP contribution in [0.3, 0.4) is 0 Å². The van der Waals surface area contributed by atoms with E-state index in [1.165, 1.54) is 30.4 Å². The van der Waals surface area contributed by atoms with Gasteiger partial charge in [0.2, 0.25) is 0 Å². The Hall–Kier alpha value is -2.06. The Morgan fingerprint density at radius 3 is 2.64 bits per heavy atom. The van der Waals surface area contributed by atoms with Gasteiger partial charge in [0.1, 0.15) is 0 Å². The number of piperazine rings is 1. The minimum Gasteiger partial charge on any atom is -0.345 e. The highest BCUT2D eigenvalue weighted by molar-refractivity contribution is 7.22. The Balaban J connectivity index is 1.29. The monoisotopic (exact) mass is 397 g/mol. The number of hydrogen-bond acceptors (Lipinski definition) is 7. The van der Waals surface area contributed by atoms with Crippen LogP contribution in [0.5, 0.6) is 0 Å². The van der Waals surface area contributed by atoms with Crippen molar-refractivity contribution in [1.29, 1.82) is 0 Å². The Kier molecular flexibility index (Phi) is 4.98. The van der Waals surface area contributed by atoms with Crippen molar-refractivity contribution in [3.8, 4) is 0 Å². The maximum absolute atomic E-state index is 4.83. The second-order valence-electron chi connectivity index (χ2n) is 7.83. The van der Waals surface area contributed by atoms with Gasteiger partial charge in [-0.25, -0.2) is 9.67 Å². The first-order valence-electron chi connectivity index (χ1n) is 10.5. The molecule has 0 bridgehead atoms. The normalized spacial score (nSPS) is 20.2. The van der Waals surface area contributed by atoms with Gasteiger partial charge in [0.05, 0.1) is 22.3 Å². The molecule has 2 fully saturated rings. The zero-order chi connectivity index (χ0) is 18.9. The molecule has 8 heteroatoms. The standard InChI is InChI=1S/C20H27N7S/c1-2-17(19-22-23-24-27(19)15-7-3-4-8-15)25-11-13-26(14-12-25)20-21-16-9-5-6-10-18(16)28-20/h5-6,9-10,15,17H,2-4,7-8,11-14H2,1H3/t17-/m0/s1. The maximum atomic E-state index is 4.83. The fourth-order valence-corrected chi connectivity index (χ4v) is 5.67. The van der Waals surface area contributed by atoms with E-state index in [-0.39, 0.29) is 0 Å². The molecule has 28 heavy (non-hydrogen) atoms. The summed E-state index contributed by atoms with van der Waals surface area (Å²) in [5.41, 5.74) is 1.10. The molecule has 5 rings (SSSR count). The van der Waals surface area contributed by atoms with Crippen LogP contribution in [0.2, 0.25) is 0 Å². The van der Waals surface area contributed by atoms with Crippen molar-refractivity contribution in [2.24, 2.45) is 0 Å². The molecule has 1 saturated heterocycles. The van der Waals surface area contributed by atoms with Crippen molar-refractivity contribution in [1.82, 2.24) is 30.1 Å². The topological polar surface area (TPSA) is 63.0 Å².